The highest BCUT2D eigenvalue weighted by Gasteiger charge is 2.08. The first-order valence-corrected chi connectivity index (χ1v) is 6.20. The van der Waals surface area contributed by atoms with E-state index in [4.69, 9.17) is 10.2 Å². The normalized spacial score (nSPS) is 11.1. The highest BCUT2D eigenvalue weighted by atomic mass is 16.3. The highest BCUT2D eigenvalue weighted by Crippen LogP contribution is 2.12. The predicted octanol–water partition coefficient (Wildman–Crippen LogP) is 2.16. The summed E-state index contributed by atoms with van der Waals surface area (Å²) in [5.41, 5.74) is 6.80. The lowest BCUT2D eigenvalue weighted by atomic mass is 10.2. The van der Waals surface area contributed by atoms with Crippen LogP contribution in [0.25, 0.3) is 0 Å². The maximum atomic E-state index is 5.62. The fourth-order valence-corrected chi connectivity index (χ4v) is 1.86. The smallest absolute Gasteiger partial charge is 0.118 e. The standard InChI is InChI=1S/C14H19N3O/c1-2-17(10-12-5-7-16-8-6-12)11-14-4-3-13(9-15)18-14/h3-8H,2,9-11,15H2,1H3. The fourth-order valence-electron chi connectivity index (χ4n) is 1.86. The maximum absolute atomic E-state index is 5.62. The van der Waals surface area contributed by atoms with Crippen molar-refractivity contribution >= 4 is 0 Å². The molecule has 4 nitrogen and oxygen atoms in total. The maximum Gasteiger partial charge on any atom is 0.118 e. The van der Waals surface area contributed by atoms with Crippen molar-refractivity contribution in [1.29, 1.82) is 0 Å². The Kier molecular flexibility index (Phi) is 4.50. The van der Waals surface area contributed by atoms with Gasteiger partial charge in [0.2, 0.25) is 0 Å². The molecule has 0 aliphatic rings. The first-order chi connectivity index (χ1) is 8.81. The molecule has 96 valence electrons. The van der Waals surface area contributed by atoms with Crippen molar-refractivity contribution in [2.24, 2.45) is 5.73 Å². The Labute approximate surface area is 107 Å². The van der Waals surface area contributed by atoms with Gasteiger partial charge >= 0.3 is 0 Å². The van der Waals surface area contributed by atoms with Crippen molar-refractivity contribution in [2.75, 3.05) is 6.54 Å². The molecule has 0 saturated heterocycles. The van der Waals surface area contributed by atoms with E-state index < -0.39 is 0 Å². The second-order valence-electron chi connectivity index (χ2n) is 4.23. The Morgan fingerprint density at radius 2 is 1.83 bits per heavy atom. The number of nitrogens with zero attached hydrogens (tertiary/aromatic N) is 2. The Hall–Kier alpha value is -1.65. The highest BCUT2D eigenvalue weighted by molar-refractivity contribution is 5.10. The molecule has 0 atom stereocenters. The molecule has 0 aliphatic heterocycles. The van der Waals surface area contributed by atoms with E-state index in [1.807, 2.05) is 36.7 Å². The Morgan fingerprint density at radius 3 is 2.44 bits per heavy atom. The zero-order valence-electron chi connectivity index (χ0n) is 10.7. The SMILES string of the molecule is CCN(Cc1ccncc1)Cc1ccc(CN)o1. The summed E-state index contributed by atoms with van der Waals surface area (Å²) >= 11 is 0. The van der Waals surface area contributed by atoms with Gasteiger partial charge in [-0.1, -0.05) is 6.92 Å². The first-order valence-electron chi connectivity index (χ1n) is 6.20. The average Bonchev–Trinajstić information content (AvgIpc) is 2.87. The lowest BCUT2D eigenvalue weighted by Gasteiger charge is -2.18. The molecule has 0 unspecified atom stereocenters. The first kappa shape index (κ1) is 12.8. The van der Waals surface area contributed by atoms with Gasteiger partial charge < -0.3 is 10.2 Å². The zero-order chi connectivity index (χ0) is 12.8. The molecule has 0 aliphatic carbocycles. The lowest BCUT2D eigenvalue weighted by Crippen LogP contribution is -2.22. The monoisotopic (exact) mass is 245 g/mol. The lowest BCUT2D eigenvalue weighted by molar-refractivity contribution is 0.245. The molecule has 0 fully saturated rings. The van der Waals surface area contributed by atoms with Crippen LogP contribution < -0.4 is 5.73 Å². The van der Waals surface area contributed by atoms with Crippen molar-refractivity contribution in [1.82, 2.24) is 9.88 Å². The summed E-state index contributed by atoms with van der Waals surface area (Å²) in [5, 5.41) is 0. The third-order valence-corrected chi connectivity index (χ3v) is 2.90. The van der Waals surface area contributed by atoms with Crippen molar-refractivity contribution in [3.8, 4) is 0 Å². The largest absolute Gasteiger partial charge is 0.463 e. The summed E-state index contributed by atoms with van der Waals surface area (Å²) in [6.07, 6.45) is 3.64. The summed E-state index contributed by atoms with van der Waals surface area (Å²) < 4.78 is 5.62. The second-order valence-corrected chi connectivity index (χ2v) is 4.23. The van der Waals surface area contributed by atoms with Crippen LogP contribution in [0, 0.1) is 0 Å². The third kappa shape index (κ3) is 3.42. The molecule has 0 amide bonds. The van der Waals surface area contributed by atoms with Gasteiger partial charge in [0.05, 0.1) is 13.1 Å². The molecule has 0 spiro atoms. The Balaban J connectivity index is 1.97. The van der Waals surface area contributed by atoms with Crippen LogP contribution in [0.5, 0.6) is 0 Å². The molecule has 0 bridgehead atoms. The van der Waals surface area contributed by atoms with E-state index in [2.05, 4.69) is 16.8 Å². The topological polar surface area (TPSA) is 55.3 Å². The third-order valence-electron chi connectivity index (χ3n) is 2.90. The average molecular weight is 245 g/mol. The molecule has 2 aromatic rings. The van der Waals surface area contributed by atoms with Crippen molar-refractivity contribution in [3.05, 3.63) is 53.7 Å². The number of rotatable bonds is 6. The van der Waals surface area contributed by atoms with Crippen LogP contribution in [-0.2, 0) is 19.6 Å². The van der Waals surface area contributed by atoms with Crippen molar-refractivity contribution in [2.45, 2.75) is 26.6 Å². The molecule has 2 rings (SSSR count). The molecule has 2 heterocycles. The van der Waals surface area contributed by atoms with E-state index in [1.54, 1.807) is 0 Å². The summed E-state index contributed by atoms with van der Waals surface area (Å²) in [6.45, 7) is 5.28. The predicted molar refractivity (Wildman–Crippen MR) is 70.6 cm³/mol. The van der Waals surface area contributed by atoms with E-state index in [0.29, 0.717) is 6.54 Å². The molecule has 2 aromatic heterocycles. The Bertz CT molecular complexity index is 467. The van der Waals surface area contributed by atoms with Gasteiger partial charge in [0, 0.05) is 18.9 Å². The van der Waals surface area contributed by atoms with Crippen LogP contribution in [-0.4, -0.2) is 16.4 Å². The number of nitrogens with two attached hydrogens (primary N) is 1. The van der Waals surface area contributed by atoms with Gasteiger partial charge in [-0.15, -0.1) is 0 Å². The number of hydrogen-bond acceptors (Lipinski definition) is 4. The Morgan fingerprint density at radius 1 is 1.11 bits per heavy atom. The van der Waals surface area contributed by atoms with Crippen LogP contribution in [0.1, 0.15) is 24.0 Å². The van der Waals surface area contributed by atoms with Gasteiger partial charge in [-0.25, -0.2) is 0 Å². The van der Waals surface area contributed by atoms with Crippen molar-refractivity contribution in [3.63, 3.8) is 0 Å². The minimum absolute atomic E-state index is 0.455. The van der Waals surface area contributed by atoms with Gasteiger partial charge in [0.25, 0.3) is 0 Å². The van der Waals surface area contributed by atoms with E-state index in [-0.39, 0.29) is 0 Å². The number of hydrogen-bond donors (Lipinski definition) is 1. The summed E-state index contributed by atoms with van der Waals surface area (Å²) in [5.74, 6) is 1.80. The quantitative estimate of drug-likeness (QED) is 0.847. The van der Waals surface area contributed by atoms with E-state index in [1.165, 1.54) is 5.56 Å². The molecular formula is C14H19N3O. The van der Waals surface area contributed by atoms with Gasteiger partial charge in [-0.05, 0) is 36.4 Å². The van der Waals surface area contributed by atoms with Crippen LogP contribution in [0.3, 0.4) is 0 Å². The molecule has 2 N–H and O–H groups in total. The second kappa shape index (κ2) is 6.33. The fraction of sp³-hybridized carbons (Fsp3) is 0.357. The zero-order valence-corrected chi connectivity index (χ0v) is 10.7. The number of aromatic nitrogens is 1. The summed E-state index contributed by atoms with van der Waals surface area (Å²) in [6, 6.07) is 8.01. The van der Waals surface area contributed by atoms with Crippen LogP contribution in [0.2, 0.25) is 0 Å². The van der Waals surface area contributed by atoms with Gasteiger partial charge in [-0.2, -0.15) is 0 Å². The molecule has 0 radical (unpaired) electrons. The molecular weight excluding hydrogens is 226 g/mol. The number of furan rings is 1. The van der Waals surface area contributed by atoms with Crippen LogP contribution >= 0.6 is 0 Å². The molecule has 0 saturated carbocycles. The summed E-state index contributed by atoms with van der Waals surface area (Å²) in [4.78, 5) is 6.34. The minimum Gasteiger partial charge on any atom is -0.463 e. The molecule has 18 heavy (non-hydrogen) atoms. The minimum atomic E-state index is 0.455. The van der Waals surface area contributed by atoms with E-state index >= 15 is 0 Å². The number of pyridine rings is 1. The molecule has 4 heteroatoms. The molecule has 0 aromatic carbocycles. The van der Waals surface area contributed by atoms with Crippen LogP contribution in [0.4, 0.5) is 0 Å². The van der Waals surface area contributed by atoms with E-state index in [0.717, 1.165) is 31.2 Å². The van der Waals surface area contributed by atoms with Gasteiger partial charge in [-0.3, -0.25) is 9.88 Å². The van der Waals surface area contributed by atoms with Crippen molar-refractivity contribution < 1.29 is 4.42 Å². The van der Waals surface area contributed by atoms with Gasteiger partial charge in [0.1, 0.15) is 11.5 Å². The van der Waals surface area contributed by atoms with Gasteiger partial charge in [0.15, 0.2) is 0 Å². The summed E-state index contributed by atoms with van der Waals surface area (Å²) in [7, 11) is 0. The van der Waals surface area contributed by atoms with Crippen LogP contribution in [0.15, 0.2) is 41.1 Å². The van der Waals surface area contributed by atoms with E-state index in [9.17, 15) is 0 Å².